The van der Waals surface area contributed by atoms with Crippen molar-refractivity contribution in [1.29, 1.82) is 0 Å². The summed E-state index contributed by atoms with van der Waals surface area (Å²) in [7, 11) is 0. The van der Waals surface area contributed by atoms with E-state index < -0.39 is 0 Å². The summed E-state index contributed by atoms with van der Waals surface area (Å²) < 4.78 is 0. The molecule has 1 N–H and O–H groups in total. The Balaban J connectivity index is 2.29. The second-order valence-corrected chi connectivity index (χ2v) is 5.98. The van der Waals surface area contributed by atoms with Crippen molar-refractivity contribution in [2.45, 2.75) is 51.1 Å². The van der Waals surface area contributed by atoms with Gasteiger partial charge in [-0.3, -0.25) is 0 Å². The third-order valence-corrected chi connectivity index (χ3v) is 3.73. The van der Waals surface area contributed by atoms with Gasteiger partial charge < -0.3 is 5.32 Å². The van der Waals surface area contributed by atoms with Crippen molar-refractivity contribution in [3.63, 3.8) is 0 Å². The second kappa shape index (κ2) is 7.78. The predicted octanol–water partition coefficient (Wildman–Crippen LogP) is 4.32. The molecule has 0 heterocycles. The minimum atomic E-state index is 0.609. The molecule has 1 unspecified atom stereocenters. The van der Waals surface area contributed by atoms with Crippen LogP contribution in [0.25, 0.3) is 0 Å². The molecule has 17 heavy (non-hydrogen) atoms. The highest BCUT2D eigenvalue weighted by Crippen LogP contribution is 2.15. The molecule has 1 rings (SSSR count). The van der Waals surface area contributed by atoms with Crippen molar-refractivity contribution in [3.05, 3.63) is 29.8 Å². The van der Waals surface area contributed by atoms with Crippen molar-refractivity contribution in [2.24, 2.45) is 5.92 Å². The molecule has 0 saturated heterocycles. The van der Waals surface area contributed by atoms with Crippen molar-refractivity contribution in [3.8, 4) is 0 Å². The highest BCUT2D eigenvalue weighted by Gasteiger charge is 2.03. The van der Waals surface area contributed by atoms with Gasteiger partial charge in [-0.15, -0.1) is 11.8 Å². The van der Waals surface area contributed by atoms with Gasteiger partial charge in [-0.2, -0.15) is 0 Å². The van der Waals surface area contributed by atoms with E-state index in [-0.39, 0.29) is 0 Å². The van der Waals surface area contributed by atoms with Gasteiger partial charge in [-0.05, 0) is 49.6 Å². The number of nitrogens with one attached hydrogen (secondary N) is 1. The van der Waals surface area contributed by atoms with Crippen LogP contribution in [0.15, 0.2) is 29.2 Å². The van der Waals surface area contributed by atoms with E-state index in [1.54, 1.807) is 11.8 Å². The molecule has 0 aromatic heterocycles. The zero-order valence-corrected chi connectivity index (χ0v) is 12.3. The Labute approximate surface area is 110 Å². The first-order chi connectivity index (χ1) is 8.11. The highest BCUT2D eigenvalue weighted by atomic mass is 32.2. The first kappa shape index (κ1) is 14.6. The number of benzene rings is 1. The van der Waals surface area contributed by atoms with Crippen molar-refractivity contribution >= 4 is 11.8 Å². The molecule has 1 atom stereocenters. The van der Waals surface area contributed by atoms with E-state index in [0.717, 1.165) is 12.5 Å². The van der Waals surface area contributed by atoms with Crippen LogP contribution in [0, 0.1) is 5.92 Å². The topological polar surface area (TPSA) is 12.0 Å². The van der Waals surface area contributed by atoms with Crippen LogP contribution < -0.4 is 5.32 Å². The molecule has 2 heteroatoms. The molecule has 0 fully saturated rings. The predicted molar refractivity (Wildman–Crippen MR) is 78.6 cm³/mol. The Kier molecular flexibility index (Phi) is 6.68. The smallest absolute Gasteiger partial charge is 0.0207 e. The van der Waals surface area contributed by atoms with Crippen molar-refractivity contribution < 1.29 is 0 Å². The van der Waals surface area contributed by atoms with Gasteiger partial charge in [-0.25, -0.2) is 0 Å². The molecule has 0 radical (unpaired) electrons. The van der Waals surface area contributed by atoms with Crippen LogP contribution in [-0.2, 0) is 6.54 Å². The molecule has 96 valence electrons. The van der Waals surface area contributed by atoms with Gasteiger partial charge in [0, 0.05) is 17.5 Å². The fraction of sp³-hybridized carbons (Fsp3) is 0.600. The summed E-state index contributed by atoms with van der Waals surface area (Å²) in [5.74, 6) is 0.806. The van der Waals surface area contributed by atoms with Gasteiger partial charge in [-0.1, -0.05) is 26.0 Å². The third kappa shape index (κ3) is 6.13. The van der Waals surface area contributed by atoms with Crippen molar-refractivity contribution in [1.82, 2.24) is 5.32 Å². The summed E-state index contributed by atoms with van der Waals surface area (Å²) in [5, 5.41) is 3.58. The van der Waals surface area contributed by atoms with E-state index in [4.69, 9.17) is 0 Å². The second-order valence-electron chi connectivity index (χ2n) is 5.10. The van der Waals surface area contributed by atoms with Gasteiger partial charge in [0.25, 0.3) is 0 Å². The Morgan fingerprint density at radius 3 is 2.24 bits per heavy atom. The Morgan fingerprint density at radius 2 is 1.71 bits per heavy atom. The number of rotatable bonds is 7. The quantitative estimate of drug-likeness (QED) is 0.724. The van der Waals surface area contributed by atoms with Gasteiger partial charge >= 0.3 is 0 Å². The lowest BCUT2D eigenvalue weighted by Gasteiger charge is -2.15. The molecule has 1 nitrogen and oxygen atoms in total. The fourth-order valence-corrected chi connectivity index (χ4v) is 2.13. The SMILES string of the molecule is CSc1ccc(CNC(C)CCC(C)C)cc1. The lowest BCUT2D eigenvalue weighted by atomic mass is 10.0. The molecule has 1 aromatic rings. The average molecular weight is 251 g/mol. The maximum absolute atomic E-state index is 3.58. The summed E-state index contributed by atoms with van der Waals surface area (Å²) in [6.45, 7) is 7.83. The van der Waals surface area contributed by atoms with Gasteiger partial charge in [0.15, 0.2) is 0 Å². The highest BCUT2D eigenvalue weighted by molar-refractivity contribution is 7.98. The van der Waals surface area contributed by atoms with E-state index in [9.17, 15) is 0 Å². The minimum absolute atomic E-state index is 0.609. The monoisotopic (exact) mass is 251 g/mol. The van der Waals surface area contributed by atoms with Crippen LogP contribution >= 0.6 is 11.8 Å². The fourth-order valence-electron chi connectivity index (χ4n) is 1.72. The molecular formula is C15H25NS. The summed E-state index contributed by atoms with van der Waals surface area (Å²) in [6, 6.07) is 9.43. The van der Waals surface area contributed by atoms with E-state index in [1.165, 1.54) is 23.3 Å². The van der Waals surface area contributed by atoms with Gasteiger partial charge in [0.05, 0.1) is 0 Å². The van der Waals surface area contributed by atoms with E-state index in [2.05, 4.69) is 56.6 Å². The number of thioether (sulfide) groups is 1. The molecule has 0 saturated carbocycles. The van der Waals surface area contributed by atoms with Crippen LogP contribution in [0.5, 0.6) is 0 Å². The van der Waals surface area contributed by atoms with Gasteiger partial charge in [0.1, 0.15) is 0 Å². The summed E-state index contributed by atoms with van der Waals surface area (Å²) in [5.41, 5.74) is 1.37. The largest absolute Gasteiger partial charge is 0.310 e. The minimum Gasteiger partial charge on any atom is -0.310 e. The molecule has 0 amide bonds. The zero-order valence-electron chi connectivity index (χ0n) is 11.5. The Hall–Kier alpha value is -0.470. The van der Waals surface area contributed by atoms with E-state index in [1.807, 2.05) is 0 Å². The standard InChI is InChI=1S/C15H25NS/c1-12(2)5-6-13(3)16-11-14-7-9-15(17-4)10-8-14/h7-10,12-13,16H,5-6,11H2,1-4H3. The van der Waals surface area contributed by atoms with Crippen LogP contribution in [-0.4, -0.2) is 12.3 Å². The lowest BCUT2D eigenvalue weighted by molar-refractivity contribution is 0.450. The molecule has 0 spiro atoms. The summed E-state index contributed by atoms with van der Waals surface area (Å²) >= 11 is 1.79. The molecule has 0 aliphatic rings. The average Bonchev–Trinajstić information content (AvgIpc) is 2.34. The maximum atomic E-state index is 3.58. The lowest BCUT2D eigenvalue weighted by Crippen LogP contribution is -2.25. The van der Waals surface area contributed by atoms with Crippen LogP contribution in [0.4, 0.5) is 0 Å². The molecule has 0 bridgehead atoms. The van der Waals surface area contributed by atoms with Crippen LogP contribution in [0.2, 0.25) is 0 Å². The van der Waals surface area contributed by atoms with E-state index in [0.29, 0.717) is 6.04 Å². The Morgan fingerprint density at radius 1 is 1.06 bits per heavy atom. The zero-order chi connectivity index (χ0) is 12.7. The third-order valence-electron chi connectivity index (χ3n) is 2.99. The summed E-state index contributed by atoms with van der Waals surface area (Å²) in [4.78, 5) is 1.33. The molecule has 0 aliphatic carbocycles. The molecular weight excluding hydrogens is 226 g/mol. The van der Waals surface area contributed by atoms with Gasteiger partial charge in [0.2, 0.25) is 0 Å². The normalized spacial score (nSPS) is 13.0. The first-order valence-electron chi connectivity index (χ1n) is 6.48. The van der Waals surface area contributed by atoms with Crippen LogP contribution in [0.3, 0.4) is 0 Å². The first-order valence-corrected chi connectivity index (χ1v) is 7.70. The summed E-state index contributed by atoms with van der Waals surface area (Å²) in [6.07, 6.45) is 4.68. The van der Waals surface area contributed by atoms with Crippen molar-refractivity contribution in [2.75, 3.05) is 6.26 Å². The van der Waals surface area contributed by atoms with E-state index >= 15 is 0 Å². The Bertz CT molecular complexity index is 305. The number of hydrogen-bond donors (Lipinski definition) is 1. The maximum Gasteiger partial charge on any atom is 0.0207 e. The molecule has 0 aliphatic heterocycles. The van der Waals surface area contributed by atoms with Crippen LogP contribution in [0.1, 0.15) is 39.2 Å². The molecule has 1 aromatic carbocycles. The number of hydrogen-bond acceptors (Lipinski definition) is 2.